The fourth-order valence-corrected chi connectivity index (χ4v) is 3.15. The summed E-state index contributed by atoms with van der Waals surface area (Å²) < 4.78 is 0. The molecule has 3 rings (SSSR count). The second-order valence-electron chi connectivity index (χ2n) is 5.81. The summed E-state index contributed by atoms with van der Waals surface area (Å²) in [7, 11) is 0. The number of nitrogens with zero attached hydrogens (tertiary/aromatic N) is 3. The largest absolute Gasteiger partial charge is 0.336 e. The predicted molar refractivity (Wildman–Crippen MR) is 90.6 cm³/mol. The van der Waals surface area contributed by atoms with Crippen molar-refractivity contribution in [2.45, 2.75) is 19.9 Å². The molecule has 23 heavy (non-hydrogen) atoms. The Morgan fingerprint density at radius 1 is 1.30 bits per heavy atom. The van der Waals surface area contributed by atoms with E-state index in [1.54, 1.807) is 6.20 Å². The molecular formula is C17H21ClN4O. The van der Waals surface area contributed by atoms with Crippen LogP contribution in [-0.2, 0) is 13.0 Å². The van der Waals surface area contributed by atoms with Gasteiger partial charge in [-0.05, 0) is 24.1 Å². The van der Waals surface area contributed by atoms with Gasteiger partial charge >= 0.3 is 0 Å². The highest BCUT2D eigenvalue weighted by atomic mass is 35.5. The van der Waals surface area contributed by atoms with Gasteiger partial charge in [0, 0.05) is 43.4 Å². The van der Waals surface area contributed by atoms with E-state index in [4.69, 9.17) is 11.6 Å². The number of aromatic amines is 1. The van der Waals surface area contributed by atoms with Crippen LogP contribution in [0.4, 0.5) is 0 Å². The first-order chi connectivity index (χ1) is 11.2. The number of carbonyl (C=O) groups excluding carboxylic acids is 1. The van der Waals surface area contributed by atoms with Crippen LogP contribution in [0.25, 0.3) is 0 Å². The molecule has 0 atom stereocenters. The van der Waals surface area contributed by atoms with Crippen molar-refractivity contribution in [1.82, 2.24) is 20.0 Å². The van der Waals surface area contributed by atoms with Gasteiger partial charge in [-0.1, -0.05) is 30.7 Å². The molecule has 0 radical (unpaired) electrons. The van der Waals surface area contributed by atoms with Gasteiger partial charge in [-0.25, -0.2) is 0 Å². The van der Waals surface area contributed by atoms with Crippen molar-refractivity contribution in [1.29, 1.82) is 0 Å². The van der Waals surface area contributed by atoms with E-state index >= 15 is 0 Å². The van der Waals surface area contributed by atoms with Crippen molar-refractivity contribution in [2.24, 2.45) is 0 Å². The molecule has 1 fully saturated rings. The van der Waals surface area contributed by atoms with E-state index in [2.05, 4.69) is 21.2 Å². The standard InChI is InChI=1S/C17H21ClN4O/c1-2-16-15(11-19-20-16)17(23)22-8-6-21(7-9-22)12-13-4-3-5-14(18)10-13/h3-5,10-11H,2,6-9,12H2,1H3,(H,19,20). The predicted octanol–water partition coefficient (Wildman–Crippen LogP) is 2.58. The Labute approximate surface area is 141 Å². The average molecular weight is 333 g/mol. The number of halogens is 1. The number of amides is 1. The Morgan fingerprint density at radius 3 is 2.78 bits per heavy atom. The monoisotopic (exact) mass is 332 g/mol. The minimum absolute atomic E-state index is 0.0815. The summed E-state index contributed by atoms with van der Waals surface area (Å²) in [5, 5.41) is 7.66. The SMILES string of the molecule is CCc1[nH]ncc1C(=O)N1CCN(Cc2cccc(Cl)c2)CC1. The van der Waals surface area contributed by atoms with Gasteiger partial charge in [0.1, 0.15) is 0 Å². The van der Waals surface area contributed by atoms with E-state index in [9.17, 15) is 4.79 Å². The van der Waals surface area contributed by atoms with Crippen LogP contribution in [0.3, 0.4) is 0 Å². The van der Waals surface area contributed by atoms with E-state index in [-0.39, 0.29) is 5.91 Å². The lowest BCUT2D eigenvalue weighted by Crippen LogP contribution is -2.48. The van der Waals surface area contributed by atoms with E-state index in [0.29, 0.717) is 5.56 Å². The fraction of sp³-hybridized carbons (Fsp3) is 0.412. The Morgan fingerprint density at radius 2 is 2.09 bits per heavy atom. The lowest BCUT2D eigenvalue weighted by atomic mass is 10.1. The van der Waals surface area contributed by atoms with Crippen LogP contribution in [0.5, 0.6) is 0 Å². The van der Waals surface area contributed by atoms with Crippen LogP contribution < -0.4 is 0 Å². The number of H-pyrrole nitrogens is 1. The molecule has 0 saturated carbocycles. The highest BCUT2D eigenvalue weighted by molar-refractivity contribution is 6.30. The molecule has 5 nitrogen and oxygen atoms in total. The summed E-state index contributed by atoms with van der Waals surface area (Å²) in [5.74, 6) is 0.0815. The summed E-state index contributed by atoms with van der Waals surface area (Å²) in [5.41, 5.74) is 2.83. The minimum atomic E-state index is 0.0815. The number of rotatable bonds is 4. The molecule has 1 amide bonds. The number of aromatic nitrogens is 2. The van der Waals surface area contributed by atoms with Crippen molar-refractivity contribution in [3.05, 3.63) is 52.3 Å². The molecule has 0 bridgehead atoms. The normalized spacial score (nSPS) is 15.8. The number of carbonyl (C=O) groups is 1. The maximum Gasteiger partial charge on any atom is 0.257 e. The van der Waals surface area contributed by atoms with Crippen molar-refractivity contribution in [3.8, 4) is 0 Å². The first kappa shape index (κ1) is 16.0. The Bertz CT molecular complexity index is 677. The van der Waals surface area contributed by atoms with Crippen LogP contribution in [-0.4, -0.2) is 52.1 Å². The summed E-state index contributed by atoms with van der Waals surface area (Å²) in [6.07, 6.45) is 2.43. The number of benzene rings is 1. The molecule has 0 unspecified atom stereocenters. The molecule has 1 aromatic heterocycles. The first-order valence-electron chi connectivity index (χ1n) is 7.95. The van der Waals surface area contributed by atoms with Crippen LogP contribution in [0.15, 0.2) is 30.5 Å². The molecule has 122 valence electrons. The minimum Gasteiger partial charge on any atom is -0.336 e. The van der Waals surface area contributed by atoms with Crippen molar-refractivity contribution >= 4 is 17.5 Å². The number of piperazine rings is 1. The van der Waals surface area contributed by atoms with Crippen molar-refractivity contribution < 1.29 is 4.79 Å². The van der Waals surface area contributed by atoms with E-state index in [1.165, 1.54) is 5.56 Å². The topological polar surface area (TPSA) is 52.2 Å². The van der Waals surface area contributed by atoms with Crippen LogP contribution in [0.1, 0.15) is 28.5 Å². The molecule has 2 aromatic rings. The molecule has 6 heteroatoms. The van der Waals surface area contributed by atoms with Gasteiger partial charge in [0.05, 0.1) is 11.8 Å². The zero-order chi connectivity index (χ0) is 16.2. The Kier molecular flexibility index (Phi) is 4.98. The molecule has 1 aliphatic heterocycles. The third kappa shape index (κ3) is 3.74. The van der Waals surface area contributed by atoms with Gasteiger partial charge in [0.15, 0.2) is 0 Å². The highest BCUT2D eigenvalue weighted by Gasteiger charge is 2.24. The quantitative estimate of drug-likeness (QED) is 0.936. The second-order valence-corrected chi connectivity index (χ2v) is 6.25. The molecule has 1 aromatic carbocycles. The van der Waals surface area contributed by atoms with Crippen LogP contribution >= 0.6 is 11.6 Å². The number of hydrogen-bond acceptors (Lipinski definition) is 3. The first-order valence-corrected chi connectivity index (χ1v) is 8.33. The molecule has 0 spiro atoms. The van der Waals surface area contributed by atoms with Crippen molar-refractivity contribution in [2.75, 3.05) is 26.2 Å². The molecular weight excluding hydrogens is 312 g/mol. The van der Waals surface area contributed by atoms with Gasteiger partial charge in [-0.3, -0.25) is 14.8 Å². The van der Waals surface area contributed by atoms with Gasteiger partial charge in [0.2, 0.25) is 0 Å². The third-order valence-electron chi connectivity index (χ3n) is 4.26. The number of nitrogens with one attached hydrogen (secondary N) is 1. The van der Waals surface area contributed by atoms with Crippen LogP contribution in [0, 0.1) is 0 Å². The number of hydrogen-bond donors (Lipinski definition) is 1. The van der Waals surface area contributed by atoms with Gasteiger partial charge < -0.3 is 4.90 Å². The zero-order valence-corrected chi connectivity index (χ0v) is 14.0. The van der Waals surface area contributed by atoms with Gasteiger partial charge in [-0.15, -0.1) is 0 Å². The Hall–Kier alpha value is -1.85. The lowest BCUT2D eigenvalue weighted by molar-refractivity contribution is 0.0627. The summed E-state index contributed by atoms with van der Waals surface area (Å²) in [6.45, 7) is 6.12. The zero-order valence-electron chi connectivity index (χ0n) is 13.3. The maximum absolute atomic E-state index is 12.6. The van der Waals surface area contributed by atoms with Gasteiger partial charge in [0.25, 0.3) is 5.91 Å². The fourth-order valence-electron chi connectivity index (χ4n) is 2.94. The van der Waals surface area contributed by atoms with Crippen molar-refractivity contribution in [3.63, 3.8) is 0 Å². The molecule has 2 heterocycles. The smallest absolute Gasteiger partial charge is 0.257 e. The molecule has 1 saturated heterocycles. The van der Waals surface area contributed by atoms with E-state index in [1.807, 2.05) is 30.0 Å². The average Bonchev–Trinajstić information content (AvgIpc) is 3.03. The lowest BCUT2D eigenvalue weighted by Gasteiger charge is -2.34. The molecule has 1 N–H and O–H groups in total. The Balaban J connectivity index is 1.57. The van der Waals surface area contributed by atoms with Gasteiger partial charge in [-0.2, -0.15) is 5.10 Å². The second kappa shape index (κ2) is 7.15. The molecule has 0 aliphatic carbocycles. The highest BCUT2D eigenvalue weighted by Crippen LogP contribution is 2.15. The van der Waals surface area contributed by atoms with E-state index < -0.39 is 0 Å². The third-order valence-corrected chi connectivity index (χ3v) is 4.49. The summed E-state index contributed by atoms with van der Waals surface area (Å²) in [6, 6.07) is 7.95. The maximum atomic E-state index is 12.6. The summed E-state index contributed by atoms with van der Waals surface area (Å²) in [4.78, 5) is 16.8. The van der Waals surface area contributed by atoms with E-state index in [0.717, 1.165) is 49.9 Å². The number of aryl methyl sites for hydroxylation is 1. The van der Waals surface area contributed by atoms with Crippen LogP contribution in [0.2, 0.25) is 5.02 Å². The summed E-state index contributed by atoms with van der Waals surface area (Å²) >= 11 is 6.03. The molecule has 1 aliphatic rings.